The molecule has 1 aliphatic carbocycles. The molecule has 138 valence electrons. The molecule has 5 heteroatoms. The molecule has 0 saturated heterocycles. The van der Waals surface area contributed by atoms with Gasteiger partial charge in [-0.05, 0) is 73.7 Å². The maximum absolute atomic E-state index is 12.8. The number of hydrogen-bond donors (Lipinski definition) is 1. The zero-order valence-electron chi connectivity index (χ0n) is 15.4. The third-order valence-corrected chi connectivity index (χ3v) is 4.93. The van der Waals surface area contributed by atoms with Crippen LogP contribution in [0.15, 0.2) is 59.1 Å². The fourth-order valence-electron chi connectivity index (χ4n) is 3.25. The predicted octanol–water partition coefficient (Wildman–Crippen LogP) is 4.54. The van der Waals surface area contributed by atoms with Crippen molar-refractivity contribution in [3.05, 3.63) is 71.7 Å². The van der Waals surface area contributed by atoms with Gasteiger partial charge in [-0.2, -0.15) is 0 Å². The molecular weight excluding hydrogens is 340 g/mol. The van der Waals surface area contributed by atoms with E-state index in [0.717, 1.165) is 35.4 Å². The summed E-state index contributed by atoms with van der Waals surface area (Å²) < 4.78 is 11.0. The number of methoxy groups -OCH3 is 1. The van der Waals surface area contributed by atoms with Gasteiger partial charge in [-0.1, -0.05) is 6.07 Å². The number of ether oxygens (including phenoxy) is 1. The van der Waals surface area contributed by atoms with Crippen molar-refractivity contribution in [2.24, 2.45) is 5.92 Å². The maximum Gasteiger partial charge on any atom is 0.287 e. The van der Waals surface area contributed by atoms with E-state index >= 15 is 0 Å². The van der Waals surface area contributed by atoms with Gasteiger partial charge in [-0.3, -0.25) is 9.78 Å². The average Bonchev–Trinajstić information content (AvgIpc) is 3.42. The standard InChI is InChI=1S/C22H22N2O3/c1-14-4-3-13-23-20(14)21(16-5-6-16)24-22(25)19-12-11-18(27-19)15-7-9-17(26-2)10-8-15/h3-4,7-13,16,21H,5-6H2,1-2H3,(H,24,25)/t21-/m1/s1. The molecule has 0 bridgehead atoms. The van der Waals surface area contributed by atoms with Crippen molar-refractivity contribution in [2.75, 3.05) is 7.11 Å². The highest BCUT2D eigenvalue weighted by atomic mass is 16.5. The number of rotatable bonds is 6. The normalized spacial score (nSPS) is 14.6. The van der Waals surface area contributed by atoms with Crippen molar-refractivity contribution in [3.8, 4) is 17.1 Å². The number of hydrogen-bond acceptors (Lipinski definition) is 4. The summed E-state index contributed by atoms with van der Waals surface area (Å²) >= 11 is 0. The number of furan rings is 1. The molecule has 0 radical (unpaired) electrons. The van der Waals surface area contributed by atoms with Crippen molar-refractivity contribution < 1.29 is 13.9 Å². The van der Waals surface area contributed by atoms with E-state index in [1.165, 1.54) is 0 Å². The number of pyridine rings is 1. The van der Waals surface area contributed by atoms with Gasteiger partial charge in [0.1, 0.15) is 11.5 Å². The topological polar surface area (TPSA) is 64.4 Å². The lowest BCUT2D eigenvalue weighted by atomic mass is 10.0. The van der Waals surface area contributed by atoms with Crippen LogP contribution < -0.4 is 10.1 Å². The number of aryl methyl sites for hydroxylation is 1. The van der Waals surface area contributed by atoms with E-state index in [4.69, 9.17) is 9.15 Å². The van der Waals surface area contributed by atoms with Crippen molar-refractivity contribution in [3.63, 3.8) is 0 Å². The van der Waals surface area contributed by atoms with Gasteiger partial charge in [0.15, 0.2) is 5.76 Å². The molecule has 5 nitrogen and oxygen atoms in total. The van der Waals surface area contributed by atoms with Gasteiger partial charge in [-0.25, -0.2) is 0 Å². The summed E-state index contributed by atoms with van der Waals surface area (Å²) in [6.45, 7) is 2.03. The van der Waals surface area contributed by atoms with E-state index in [1.54, 1.807) is 19.4 Å². The Morgan fingerprint density at radius 2 is 1.96 bits per heavy atom. The van der Waals surface area contributed by atoms with E-state index in [0.29, 0.717) is 17.4 Å². The molecular formula is C22H22N2O3. The van der Waals surface area contributed by atoms with Crippen molar-refractivity contribution in [2.45, 2.75) is 25.8 Å². The van der Waals surface area contributed by atoms with Crippen LogP contribution in [0.1, 0.15) is 40.7 Å². The number of aromatic nitrogens is 1. The first-order valence-corrected chi connectivity index (χ1v) is 9.12. The Morgan fingerprint density at radius 3 is 2.63 bits per heavy atom. The molecule has 1 fully saturated rings. The Hall–Kier alpha value is -3.08. The lowest BCUT2D eigenvalue weighted by Gasteiger charge is -2.18. The van der Waals surface area contributed by atoms with E-state index in [2.05, 4.69) is 10.3 Å². The van der Waals surface area contributed by atoms with Gasteiger partial charge in [0.05, 0.1) is 18.8 Å². The molecule has 4 rings (SSSR count). The molecule has 27 heavy (non-hydrogen) atoms. The summed E-state index contributed by atoms with van der Waals surface area (Å²) in [5, 5.41) is 3.12. The van der Waals surface area contributed by atoms with Crippen LogP contribution in [-0.4, -0.2) is 18.0 Å². The van der Waals surface area contributed by atoms with Crippen LogP contribution in [0, 0.1) is 12.8 Å². The lowest BCUT2D eigenvalue weighted by molar-refractivity contribution is 0.0903. The molecule has 2 aromatic heterocycles. The molecule has 1 aliphatic rings. The Labute approximate surface area is 158 Å². The average molecular weight is 362 g/mol. The molecule has 1 atom stereocenters. The highest BCUT2D eigenvalue weighted by molar-refractivity contribution is 5.92. The van der Waals surface area contributed by atoms with Gasteiger partial charge in [0, 0.05) is 11.8 Å². The van der Waals surface area contributed by atoms with Crippen LogP contribution in [0.5, 0.6) is 5.75 Å². The smallest absolute Gasteiger partial charge is 0.287 e. The zero-order chi connectivity index (χ0) is 18.8. The summed E-state index contributed by atoms with van der Waals surface area (Å²) in [6, 6.07) is 14.9. The lowest BCUT2D eigenvalue weighted by Crippen LogP contribution is -2.30. The van der Waals surface area contributed by atoms with Gasteiger partial charge in [0.2, 0.25) is 0 Å². The SMILES string of the molecule is COc1ccc(-c2ccc(C(=O)N[C@@H](c3ncccc3C)C3CC3)o2)cc1. The third-order valence-electron chi connectivity index (χ3n) is 4.93. The largest absolute Gasteiger partial charge is 0.497 e. The van der Waals surface area contributed by atoms with Crippen LogP contribution >= 0.6 is 0 Å². The van der Waals surface area contributed by atoms with Crippen LogP contribution in [0.3, 0.4) is 0 Å². The predicted molar refractivity (Wildman–Crippen MR) is 103 cm³/mol. The van der Waals surface area contributed by atoms with Gasteiger partial charge in [0.25, 0.3) is 5.91 Å². The zero-order valence-corrected chi connectivity index (χ0v) is 15.4. The van der Waals surface area contributed by atoms with Gasteiger partial charge >= 0.3 is 0 Å². The second kappa shape index (κ2) is 7.27. The van der Waals surface area contributed by atoms with Crippen LogP contribution in [0.2, 0.25) is 0 Å². The molecule has 2 heterocycles. The van der Waals surface area contributed by atoms with Crippen molar-refractivity contribution >= 4 is 5.91 Å². The summed E-state index contributed by atoms with van der Waals surface area (Å²) in [5.41, 5.74) is 2.93. The summed E-state index contributed by atoms with van der Waals surface area (Å²) in [7, 11) is 1.63. The van der Waals surface area contributed by atoms with E-state index in [-0.39, 0.29) is 11.9 Å². The van der Waals surface area contributed by atoms with Crippen molar-refractivity contribution in [1.82, 2.24) is 10.3 Å². The highest BCUT2D eigenvalue weighted by Gasteiger charge is 2.35. The minimum Gasteiger partial charge on any atom is -0.497 e. The Morgan fingerprint density at radius 1 is 1.19 bits per heavy atom. The highest BCUT2D eigenvalue weighted by Crippen LogP contribution is 2.41. The molecule has 1 amide bonds. The summed E-state index contributed by atoms with van der Waals surface area (Å²) in [5.74, 6) is 1.97. The fraction of sp³-hybridized carbons (Fsp3) is 0.273. The van der Waals surface area contributed by atoms with E-state index in [1.807, 2.05) is 49.4 Å². The monoisotopic (exact) mass is 362 g/mol. The molecule has 3 aromatic rings. The number of amides is 1. The number of nitrogens with one attached hydrogen (secondary N) is 1. The Bertz CT molecular complexity index is 942. The maximum atomic E-state index is 12.8. The number of nitrogens with zero attached hydrogens (tertiary/aromatic N) is 1. The molecule has 0 spiro atoms. The first-order chi connectivity index (χ1) is 13.2. The molecule has 0 aliphatic heterocycles. The Kier molecular flexibility index (Phi) is 4.67. The summed E-state index contributed by atoms with van der Waals surface area (Å²) in [6.07, 6.45) is 3.99. The number of carbonyl (C=O) groups excluding carboxylic acids is 1. The minimum atomic E-state index is -0.211. The minimum absolute atomic E-state index is 0.0757. The Balaban J connectivity index is 1.52. The van der Waals surface area contributed by atoms with E-state index in [9.17, 15) is 4.79 Å². The van der Waals surface area contributed by atoms with E-state index < -0.39 is 0 Å². The van der Waals surface area contributed by atoms with Crippen LogP contribution in [0.4, 0.5) is 0 Å². The number of carbonyl (C=O) groups is 1. The third kappa shape index (κ3) is 3.72. The second-order valence-corrected chi connectivity index (χ2v) is 6.89. The summed E-state index contributed by atoms with van der Waals surface area (Å²) in [4.78, 5) is 17.3. The second-order valence-electron chi connectivity index (χ2n) is 6.89. The molecule has 1 saturated carbocycles. The fourth-order valence-corrected chi connectivity index (χ4v) is 3.25. The quantitative estimate of drug-likeness (QED) is 0.699. The first-order valence-electron chi connectivity index (χ1n) is 9.12. The first kappa shape index (κ1) is 17.3. The van der Waals surface area contributed by atoms with Crippen molar-refractivity contribution in [1.29, 1.82) is 0 Å². The molecule has 1 N–H and O–H groups in total. The van der Waals surface area contributed by atoms with Gasteiger partial charge < -0.3 is 14.5 Å². The van der Waals surface area contributed by atoms with Gasteiger partial charge in [-0.15, -0.1) is 0 Å². The number of benzene rings is 1. The molecule has 0 unspecified atom stereocenters. The van der Waals surface area contributed by atoms with Crippen LogP contribution in [-0.2, 0) is 0 Å². The molecule has 1 aromatic carbocycles. The van der Waals surface area contributed by atoms with Crippen LogP contribution in [0.25, 0.3) is 11.3 Å².